The molecule has 0 aliphatic rings. The molecule has 0 atom stereocenters. The van der Waals surface area contributed by atoms with Gasteiger partial charge in [0, 0.05) is 38.9 Å². The Morgan fingerprint density at radius 3 is 1.18 bits per heavy atom. The largest absolute Gasteiger partial charge is 0.309 e. The highest BCUT2D eigenvalue weighted by Crippen LogP contribution is 2.54. The van der Waals surface area contributed by atoms with Crippen LogP contribution < -0.4 is 9.80 Å². The standard InChI is InChI=1S/C64H64N2S2/c1-43-28-30-47(45-20-14-12-15-21-45)38-58(43)65(52-24-18-26-54(40-52)67(6,7)8)60-42-61(57-35-33-50-37-51(64(3,4)5)36-49-32-34-56(60)63(57)62(49)50)66(53-25-19-27-55(41-53)68(9,10)11)59-39-48(31-29-44(59)2)46-22-16-13-17-23-46/h12-42H,1-11H3. The lowest BCUT2D eigenvalue weighted by molar-refractivity contribution is 0.591. The second-order valence-corrected chi connectivity index (χ2v) is 29.4. The highest BCUT2D eigenvalue weighted by Gasteiger charge is 2.28. The molecular weight excluding hydrogens is 861 g/mol. The molecule has 10 aromatic rings. The lowest BCUT2D eigenvalue weighted by Crippen LogP contribution is -2.16. The van der Waals surface area contributed by atoms with Crippen LogP contribution in [0.2, 0.25) is 0 Å². The third kappa shape index (κ3) is 8.43. The summed E-state index contributed by atoms with van der Waals surface area (Å²) in [5.41, 5.74) is 15.5. The Balaban J connectivity index is 1.38. The quantitative estimate of drug-likeness (QED) is 0.126. The molecule has 0 aliphatic heterocycles. The van der Waals surface area contributed by atoms with E-state index in [4.69, 9.17) is 0 Å². The number of aryl methyl sites for hydroxylation is 2. The van der Waals surface area contributed by atoms with Crippen molar-refractivity contribution in [1.29, 1.82) is 0 Å². The normalized spacial score (nSPS) is 12.8. The van der Waals surface area contributed by atoms with Gasteiger partial charge in [-0.15, -0.1) is 0 Å². The smallest absolute Gasteiger partial charge is 0.0561 e. The van der Waals surface area contributed by atoms with Gasteiger partial charge in [0.2, 0.25) is 0 Å². The Bertz CT molecular complexity index is 3260. The molecule has 0 fully saturated rings. The Hall–Kier alpha value is -6.46. The Morgan fingerprint density at radius 1 is 0.353 bits per heavy atom. The van der Waals surface area contributed by atoms with Crippen LogP contribution >= 0.6 is 20.1 Å². The molecule has 0 amide bonds. The first-order valence-electron chi connectivity index (χ1n) is 23.7. The van der Waals surface area contributed by atoms with E-state index in [1.54, 1.807) is 0 Å². The van der Waals surface area contributed by atoms with Gasteiger partial charge in [0.05, 0.1) is 11.4 Å². The molecule has 0 bridgehead atoms. The van der Waals surface area contributed by atoms with Gasteiger partial charge in [-0.25, -0.2) is 20.1 Å². The minimum atomic E-state index is -1.06. The first-order valence-corrected chi connectivity index (χ1v) is 29.4. The summed E-state index contributed by atoms with van der Waals surface area (Å²) in [4.78, 5) is 7.91. The van der Waals surface area contributed by atoms with Gasteiger partial charge in [-0.2, -0.15) is 0 Å². The van der Waals surface area contributed by atoms with Crippen LogP contribution in [-0.2, 0) is 5.41 Å². The van der Waals surface area contributed by atoms with E-state index in [0.29, 0.717) is 0 Å². The van der Waals surface area contributed by atoms with Crippen LogP contribution in [0.1, 0.15) is 37.5 Å². The van der Waals surface area contributed by atoms with Crippen molar-refractivity contribution in [2.75, 3.05) is 47.3 Å². The minimum absolute atomic E-state index is 0.00289. The maximum Gasteiger partial charge on any atom is 0.0561 e. The molecule has 0 saturated carbocycles. The van der Waals surface area contributed by atoms with Crippen molar-refractivity contribution in [1.82, 2.24) is 0 Å². The van der Waals surface area contributed by atoms with Crippen LogP contribution in [0.25, 0.3) is 54.6 Å². The van der Waals surface area contributed by atoms with Gasteiger partial charge in [-0.05, 0) is 176 Å². The van der Waals surface area contributed by atoms with E-state index in [0.717, 1.165) is 34.1 Å². The van der Waals surface area contributed by atoms with E-state index in [2.05, 4.69) is 270 Å². The molecule has 0 heterocycles. The number of hydrogen-bond donors (Lipinski definition) is 0. The van der Waals surface area contributed by atoms with E-state index in [9.17, 15) is 0 Å². The van der Waals surface area contributed by atoms with Gasteiger partial charge in [0.15, 0.2) is 0 Å². The summed E-state index contributed by atoms with van der Waals surface area (Å²) in [5, 5.41) is 7.59. The van der Waals surface area contributed by atoms with E-state index >= 15 is 0 Å². The van der Waals surface area contributed by atoms with E-state index in [1.807, 2.05) is 0 Å². The van der Waals surface area contributed by atoms with Crippen molar-refractivity contribution in [3.05, 3.63) is 205 Å². The third-order valence-electron chi connectivity index (χ3n) is 13.7. The topological polar surface area (TPSA) is 6.48 Å². The number of rotatable bonds is 10. The Kier molecular flexibility index (Phi) is 11.5. The van der Waals surface area contributed by atoms with Crippen molar-refractivity contribution in [3.8, 4) is 22.3 Å². The van der Waals surface area contributed by atoms with Crippen molar-refractivity contribution in [2.24, 2.45) is 0 Å². The van der Waals surface area contributed by atoms with Gasteiger partial charge in [0.25, 0.3) is 0 Å². The molecule has 0 N–H and O–H groups in total. The fourth-order valence-corrected chi connectivity index (χ4v) is 11.7. The van der Waals surface area contributed by atoms with Crippen molar-refractivity contribution >= 4 is 86.5 Å². The maximum atomic E-state index is 2.58. The number of anilines is 6. The molecule has 0 spiro atoms. The predicted octanol–water partition coefficient (Wildman–Crippen LogP) is 18.9. The van der Waals surface area contributed by atoms with Crippen molar-refractivity contribution in [3.63, 3.8) is 0 Å². The fraction of sp³-hybridized carbons (Fsp3) is 0.188. The molecule has 10 rings (SSSR count). The second kappa shape index (κ2) is 17.3. The van der Waals surface area contributed by atoms with Crippen LogP contribution in [0.3, 0.4) is 0 Å². The molecule has 0 radical (unpaired) electrons. The zero-order valence-electron chi connectivity index (χ0n) is 41.6. The van der Waals surface area contributed by atoms with Crippen molar-refractivity contribution < 1.29 is 0 Å². The molecule has 68 heavy (non-hydrogen) atoms. The maximum absolute atomic E-state index is 2.58. The average Bonchev–Trinajstić information content (AvgIpc) is 3.32. The zero-order valence-corrected chi connectivity index (χ0v) is 43.2. The summed E-state index contributed by atoms with van der Waals surface area (Å²) >= 11 is 0. The summed E-state index contributed by atoms with van der Waals surface area (Å²) in [6.07, 6.45) is 14.4. The fourth-order valence-electron chi connectivity index (χ4n) is 9.83. The number of nitrogens with zero attached hydrogens (tertiary/aromatic N) is 2. The van der Waals surface area contributed by atoms with Crippen molar-refractivity contribution in [2.45, 2.75) is 49.8 Å². The third-order valence-corrected chi connectivity index (χ3v) is 17.0. The SMILES string of the molecule is Cc1ccc(-c2ccccc2)cc1N(c1cccc(S(C)(C)C)c1)c1cc(N(c2cccc(S(C)(C)C)c2)c2cc(-c3ccccc3)ccc2C)c2ccc3cc(C(C)(C)C)cc4ccc1c2c43. The summed E-state index contributed by atoms with van der Waals surface area (Å²) in [6.45, 7) is 11.5. The average molecular weight is 925 g/mol. The predicted molar refractivity (Wildman–Crippen MR) is 306 cm³/mol. The number of benzene rings is 10. The lowest BCUT2D eigenvalue weighted by atomic mass is 9.83. The molecule has 0 unspecified atom stereocenters. The molecule has 4 heteroatoms. The van der Waals surface area contributed by atoms with Gasteiger partial charge in [-0.3, -0.25) is 0 Å². The molecular formula is C64H64N2S2. The summed E-state index contributed by atoms with van der Waals surface area (Å²) < 4.78 is 0. The first kappa shape index (κ1) is 45.3. The summed E-state index contributed by atoms with van der Waals surface area (Å²) in [7, 11) is -2.12. The van der Waals surface area contributed by atoms with E-state index in [-0.39, 0.29) is 5.41 Å². The molecule has 0 saturated heterocycles. The first-order chi connectivity index (χ1) is 32.4. The van der Waals surface area contributed by atoms with E-state index < -0.39 is 20.1 Å². The lowest BCUT2D eigenvalue weighted by Gasteiger charge is -2.35. The summed E-state index contributed by atoms with van der Waals surface area (Å²) in [6, 6.07) is 71.3. The van der Waals surface area contributed by atoms with Gasteiger partial charge >= 0.3 is 0 Å². The number of hydrogen-bond acceptors (Lipinski definition) is 2. The van der Waals surface area contributed by atoms with Gasteiger partial charge in [0.1, 0.15) is 0 Å². The molecule has 10 aromatic carbocycles. The molecule has 0 aliphatic carbocycles. The molecule has 0 aromatic heterocycles. The van der Waals surface area contributed by atoms with E-state index in [1.165, 1.54) is 81.1 Å². The Labute approximate surface area is 408 Å². The second-order valence-electron chi connectivity index (χ2n) is 21.1. The van der Waals surface area contributed by atoms with Gasteiger partial charge < -0.3 is 9.80 Å². The van der Waals surface area contributed by atoms with Crippen LogP contribution in [0.15, 0.2) is 198 Å². The van der Waals surface area contributed by atoms with Crippen LogP contribution in [0.4, 0.5) is 34.1 Å². The van der Waals surface area contributed by atoms with Crippen LogP contribution in [-0.4, -0.2) is 37.5 Å². The summed E-state index contributed by atoms with van der Waals surface area (Å²) in [5.74, 6) is 0. The Morgan fingerprint density at radius 2 is 0.779 bits per heavy atom. The monoisotopic (exact) mass is 924 g/mol. The molecule has 342 valence electrons. The zero-order chi connectivity index (χ0) is 47.7. The van der Waals surface area contributed by atoms with Crippen LogP contribution in [0.5, 0.6) is 0 Å². The molecule has 2 nitrogen and oxygen atoms in total. The highest BCUT2D eigenvalue weighted by molar-refractivity contribution is 8.32. The van der Waals surface area contributed by atoms with Gasteiger partial charge in [-0.1, -0.05) is 154 Å². The van der Waals surface area contributed by atoms with Crippen LogP contribution in [0, 0.1) is 13.8 Å². The minimum Gasteiger partial charge on any atom is -0.309 e. The highest BCUT2D eigenvalue weighted by atomic mass is 32.3.